The molecule has 4 rings (SSSR count). The summed E-state index contributed by atoms with van der Waals surface area (Å²) >= 11 is 6.02. The molecule has 1 aromatic carbocycles. The number of anilines is 1. The van der Waals surface area contributed by atoms with E-state index in [2.05, 4.69) is 28.1 Å². The number of methoxy groups -OCH3 is 1. The third kappa shape index (κ3) is 3.79. The van der Waals surface area contributed by atoms with E-state index < -0.39 is 0 Å². The van der Waals surface area contributed by atoms with E-state index in [1.54, 1.807) is 25.3 Å². The van der Waals surface area contributed by atoms with Gasteiger partial charge >= 0.3 is 0 Å². The Morgan fingerprint density at radius 3 is 2.63 bits per heavy atom. The van der Waals surface area contributed by atoms with E-state index in [-0.39, 0.29) is 5.91 Å². The molecule has 30 heavy (non-hydrogen) atoms. The Morgan fingerprint density at radius 2 is 1.93 bits per heavy atom. The van der Waals surface area contributed by atoms with Gasteiger partial charge in [-0.15, -0.1) is 10.2 Å². The Balaban J connectivity index is 1.52. The topological polar surface area (TPSA) is 75.9 Å². The number of piperazine rings is 1. The van der Waals surface area contributed by atoms with E-state index in [1.807, 2.05) is 16.2 Å². The van der Waals surface area contributed by atoms with Crippen molar-refractivity contribution in [1.29, 1.82) is 0 Å². The van der Waals surface area contributed by atoms with E-state index in [0.717, 1.165) is 30.2 Å². The van der Waals surface area contributed by atoms with Gasteiger partial charge in [0.2, 0.25) is 0 Å². The average Bonchev–Trinajstić information content (AvgIpc) is 3.14. The van der Waals surface area contributed by atoms with Crippen LogP contribution in [-0.4, -0.2) is 63.7 Å². The lowest BCUT2D eigenvalue weighted by atomic mass is 10.1. The highest BCUT2D eigenvalue weighted by Crippen LogP contribution is 2.25. The summed E-state index contributed by atoms with van der Waals surface area (Å²) in [5, 5.41) is 8.93. The van der Waals surface area contributed by atoms with Crippen molar-refractivity contribution < 1.29 is 9.53 Å². The highest BCUT2D eigenvalue weighted by Gasteiger charge is 2.25. The van der Waals surface area contributed by atoms with Crippen LogP contribution in [0.15, 0.2) is 24.3 Å². The summed E-state index contributed by atoms with van der Waals surface area (Å²) in [6.07, 6.45) is 1.96. The van der Waals surface area contributed by atoms with Crippen molar-refractivity contribution in [2.75, 3.05) is 38.2 Å². The first-order chi connectivity index (χ1) is 14.5. The van der Waals surface area contributed by atoms with Gasteiger partial charge in [0.25, 0.3) is 11.7 Å². The maximum atomic E-state index is 13.0. The average molecular weight is 429 g/mol. The van der Waals surface area contributed by atoms with E-state index >= 15 is 0 Å². The van der Waals surface area contributed by atoms with Crippen LogP contribution < -0.4 is 9.64 Å². The molecule has 3 heterocycles. The van der Waals surface area contributed by atoms with Crippen molar-refractivity contribution >= 4 is 29.1 Å². The van der Waals surface area contributed by atoms with Crippen molar-refractivity contribution in [2.24, 2.45) is 0 Å². The lowest BCUT2D eigenvalue weighted by Crippen LogP contribution is -2.49. The van der Waals surface area contributed by atoms with E-state index in [1.165, 1.54) is 0 Å². The lowest BCUT2D eigenvalue weighted by Gasteiger charge is -2.35. The van der Waals surface area contributed by atoms with Crippen molar-refractivity contribution in [3.8, 4) is 5.75 Å². The van der Waals surface area contributed by atoms with Gasteiger partial charge in [0, 0.05) is 43.0 Å². The fourth-order valence-electron chi connectivity index (χ4n) is 3.86. The quantitative estimate of drug-likeness (QED) is 0.621. The lowest BCUT2D eigenvalue weighted by molar-refractivity contribution is 0.0743. The molecular formula is C21H25ClN6O2. The van der Waals surface area contributed by atoms with Crippen LogP contribution in [0.1, 0.15) is 35.2 Å². The molecule has 2 aromatic heterocycles. The fourth-order valence-corrected chi connectivity index (χ4v) is 4.02. The molecule has 0 atom stereocenters. The summed E-state index contributed by atoms with van der Waals surface area (Å²) in [6, 6.07) is 7.21. The fraction of sp³-hybridized carbons (Fsp3) is 0.429. The zero-order valence-corrected chi connectivity index (χ0v) is 18.2. The molecule has 0 radical (unpaired) electrons. The molecule has 3 aromatic rings. The van der Waals surface area contributed by atoms with Crippen LogP contribution in [0.5, 0.6) is 5.75 Å². The number of amides is 1. The van der Waals surface area contributed by atoms with Crippen molar-refractivity contribution in [3.63, 3.8) is 0 Å². The SMILES string of the molecule is CCCc1cc(N2CCN(C(=O)c3ccc(Cl)cc3OC)CC2)nc2nnc(C)n12. The zero-order valence-electron chi connectivity index (χ0n) is 17.4. The molecular weight excluding hydrogens is 404 g/mol. The first-order valence-corrected chi connectivity index (χ1v) is 10.5. The van der Waals surface area contributed by atoms with Crippen molar-refractivity contribution in [1.82, 2.24) is 24.5 Å². The van der Waals surface area contributed by atoms with Crippen LogP contribution in [0.3, 0.4) is 0 Å². The van der Waals surface area contributed by atoms with Crippen molar-refractivity contribution in [2.45, 2.75) is 26.7 Å². The van der Waals surface area contributed by atoms with Crippen LogP contribution in [0.2, 0.25) is 5.02 Å². The molecule has 1 fully saturated rings. The van der Waals surface area contributed by atoms with Gasteiger partial charge in [0.1, 0.15) is 17.4 Å². The number of benzene rings is 1. The molecule has 1 aliphatic rings. The summed E-state index contributed by atoms with van der Waals surface area (Å²) in [7, 11) is 1.54. The maximum Gasteiger partial charge on any atom is 0.257 e. The highest BCUT2D eigenvalue weighted by atomic mass is 35.5. The Labute approximate surface area is 180 Å². The summed E-state index contributed by atoms with van der Waals surface area (Å²) in [5.74, 6) is 2.80. The third-order valence-corrected chi connectivity index (χ3v) is 5.63. The van der Waals surface area contributed by atoms with Crippen LogP contribution in [0.4, 0.5) is 5.82 Å². The number of hydrogen-bond acceptors (Lipinski definition) is 6. The smallest absolute Gasteiger partial charge is 0.257 e. The van der Waals surface area contributed by atoms with Crippen LogP contribution >= 0.6 is 11.6 Å². The molecule has 158 valence electrons. The normalized spacial score (nSPS) is 14.4. The number of aryl methyl sites for hydroxylation is 2. The highest BCUT2D eigenvalue weighted by molar-refractivity contribution is 6.30. The first kappa shape index (κ1) is 20.4. The number of nitrogens with zero attached hydrogens (tertiary/aromatic N) is 6. The van der Waals surface area contributed by atoms with Gasteiger partial charge in [0.05, 0.1) is 12.7 Å². The molecule has 0 saturated carbocycles. The van der Waals surface area contributed by atoms with Crippen molar-refractivity contribution in [3.05, 3.63) is 46.4 Å². The zero-order chi connectivity index (χ0) is 21.3. The molecule has 0 unspecified atom stereocenters. The Hall–Kier alpha value is -2.87. The number of carbonyl (C=O) groups is 1. The second kappa shape index (κ2) is 8.47. The minimum atomic E-state index is -0.0497. The summed E-state index contributed by atoms with van der Waals surface area (Å²) in [6.45, 7) is 6.70. The van der Waals surface area contributed by atoms with Gasteiger partial charge in [0.15, 0.2) is 0 Å². The van der Waals surface area contributed by atoms with Gasteiger partial charge < -0.3 is 14.5 Å². The number of rotatable bonds is 5. The number of fused-ring (bicyclic) bond motifs is 1. The van der Waals surface area contributed by atoms with E-state index in [9.17, 15) is 4.79 Å². The molecule has 1 aliphatic heterocycles. The van der Waals surface area contributed by atoms with Gasteiger partial charge in [-0.1, -0.05) is 24.9 Å². The molecule has 9 heteroatoms. The Morgan fingerprint density at radius 1 is 1.17 bits per heavy atom. The largest absolute Gasteiger partial charge is 0.496 e. The van der Waals surface area contributed by atoms with Crippen LogP contribution in [0.25, 0.3) is 5.78 Å². The summed E-state index contributed by atoms with van der Waals surface area (Å²) in [5.41, 5.74) is 1.68. The van der Waals surface area contributed by atoms with Gasteiger partial charge in [-0.3, -0.25) is 9.20 Å². The maximum absolute atomic E-state index is 13.0. The Bertz CT molecular complexity index is 1070. The number of carbonyl (C=O) groups excluding carboxylic acids is 1. The predicted octanol–water partition coefficient (Wildman–Crippen LogP) is 3.01. The van der Waals surface area contributed by atoms with E-state index in [4.69, 9.17) is 21.3 Å². The van der Waals surface area contributed by atoms with E-state index in [0.29, 0.717) is 48.3 Å². The second-order valence-electron chi connectivity index (χ2n) is 7.36. The number of ether oxygens (including phenoxy) is 1. The standard InChI is InChI=1S/C21H25ClN6O2/c1-4-5-16-13-19(23-21-25-24-14(2)28(16)21)26-8-10-27(11-9-26)20(29)17-7-6-15(22)12-18(17)30-3/h6-7,12-13H,4-5,8-11H2,1-3H3. The molecule has 0 bridgehead atoms. The van der Waals surface area contributed by atoms with Crippen LogP contribution in [-0.2, 0) is 6.42 Å². The minimum absolute atomic E-state index is 0.0497. The molecule has 0 aliphatic carbocycles. The minimum Gasteiger partial charge on any atom is -0.496 e. The molecule has 8 nitrogen and oxygen atoms in total. The molecule has 0 spiro atoms. The summed E-state index contributed by atoms with van der Waals surface area (Å²) in [4.78, 5) is 21.7. The number of hydrogen-bond donors (Lipinski definition) is 0. The second-order valence-corrected chi connectivity index (χ2v) is 7.80. The number of aromatic nitrogens is 4. The number of halogens is 1. The Kier molecular flexibility index (Phi) is 5.76. The predicted molar refractivity (Wildman–Crippen MR) is 116 cm³/mol. The van der Waals surface area contributed by atoms with Crippen LogP contribution in [0, 0.1) is 6.92 Å². The van der Waals surface area contributed by atoms with Gasteiger partial charge in [-0.05, 0) is 31.5 Å². The summed E-state index contributed by atoms with van der Waals surface area (Å²) < 4.78 is 7.35. The molecule has 1 saturated heterocycles. The van der Waals surface area contributed by atoms with Gasteiger partial charge in [-0.2, -0.15) is 4.98 Å². The molecule has 1 amide bonds. The third-order valence-electron chi connectivity index (χ3n) is 5.40. The first-order valence-electron chi connectivity index (χ1n) is 10.1. The molecule has 0 N–H and O–H groups in total. The monoisotopic (exact) mass is 428 g/mol. The van der Waals surface area contributed by atoms with Gasteiger partial charge in [-0.25, -0.2) is 0 Å².